The van der Waals surface area contributed by atoms with Crippen LogP contribution in [0.1, 0.15) is 126 Å². The highest BCUT2D eigenvalue weighted by Crippen LogP contribution is 2.38. The maximum atomic E-state index is 6.18. The lowest BCUT2D eigenvalue weighted by molar-refractivity contribution is -0.307. The van der Waals surface area contributed by atoms with Crippen molar-refractivity contribution >= 4 is 0 Å². The van der Waals surface area contributed by atoms with E-state index in [0.717, 1.165) is 24.0 Å². The van der Waals surface area contributed by atoms with Gasteiger partial charge in [0.1, 0.15) is 0 Å². The number of ether oxygens (including phenoxy) is 4. The molecule has 2 saturated heterocycles. The topological polar surface area (TPSA) is 36.9 Å². The Balaban J connectivity index is 1.14. The van der Waals surface area contributed by atoms with Gasteiger partial charge in [0.05, 0.1) is 31.8 Å². The van der Waals surface area contributed by atoms with Crippen molar-refractivity contribution in [3.8, 4) is 0 Å². The van der Waals surface area contributed by atoms with Crippen molar-refractivity contribution in [1.29, 1.82) is 0 Å². The molecule has 4 heteroatoms. The fraction of sp³-hybridized carbons (Fsp3) is 0.657. The standard InChI is InChI=1S/C35H52O4/c1-3-5-7-9-11-13-15-29-17-21-31(22-18-29)33-36-25-35(26-37-33)27-38-34(39-28-35)32-23-19-30(20-24-32)16-14-12-10-8-6-4-2/h17-24,33-34H,3-16,25-28H2,1-2H3. The molecule has 0 saturated carbocycles. The highest BCUT2D eigenvalue weighted by atomic mass is 16.7. The number of aryl methyl sites for hydroxylation is 2. The second kappa shape index (κ2) is 16.5. The first kappa shape index (κ1) is 30.2. The summed E-state index contributed by atoms with van der Waals surface area (Å²) in [6, 6.07) is 17.6. The van der Waals surface area contributed by atoms with Gasteiger partial charge in [-0.3, -0.25) is 0 Å². The minimum absolute atomic E-state index is 0.234. The molecule has 1 spiro atoms. The van der Waals surface area contributed by atoms with Gasteiger partial charge in [0.2, 0.25) is 0 Å². The SMILES string of the molecule is CCCCCCCCc1ccc(C2OCC3(CO2)COC(c2ccc(CCCCCCCC)cc2)OC3)cc1. The summed E-state index contributed by atoms with van der Waals surface area (Å²) < 4.78 is 24.7. The maximum Gasteiger partial charge on any atom is 0.183 e. The van der Waals surface area contributed by atoms with Gasteiger partial charge in [-0.15, -0.1) is 0 Å². The van der Waals surface area contributed by atoms with Crippen LogP contribution in [0.15, 0.2) is 48.5 Å². The lowest BCUT2D eigenvalue weighted by Crippen LogP contribution is -2.49. The van der Waals surface area contributed by atoms with Gasteiger partial charge in [0.25, 0.3) is 0 Å². The van der Waals surface area contributed by atoms with Gasteiger partial charge in [-0.2, -0.15) is 0 Å². The van der Waals surface area contributed by atoms with E-state index in [1.165, 1.54) is 88.2 Å². The Morgan fingerprint density at radius 2 is 0.821 bits per heavy atom. The predicted molar refractivity (Wildman–Crippen MR) is 159 cm³/mol. The zero-order valence-electron chi connectivity index (χ0n) is 24.6. The van der Waals surface area contributed by atoms with Crippen molar-refractivity contribution in [2.75, 3.05) is 26.4 Å². The number of hydrogen-bond donors (Lipinski definition) is 0. The Labute approximate surface area is 237 Å². The lowest BCUT2D eigenvalue weighted by Gasteiger charge is -2.43. The summed E-state index contributed by atoms with van der Waals surface area (Å²) in [7, 11) is 0. The van der Waals surface area contributed by atoms with E-state index in [2.05, 4.69) is 62.4 Å². The first-order chi connectivity index (χ1) is 19.2. The average Bonchev–Trinajstić information content (AvgIpc) is 2.98. The Bertz CT molecular complexity index is 826. The van der Waals surface area contributed by atoms with Gasteiger partial charge in [0.15, 0.2) is 12.6 Å². The Morgan fingerprint density at radius 1 is 0.487 bits per heavy atom. The van der Waals surface area contributed by atoms with Crippen molar-refractivity contribution in [3.05, 3.63) is 70.8 Å². The summed E-state index contributed by atoms with van der Waals surface area (Å²) in [5.41, 5.74) is 4.75. The Morgan fingerprint density at radius 3 is 1.18 bits per heavy atom. The third-order valence-corrected chi connectivity index (χ3v) is 8.31. The first-order valence-corrected chi connectivity index (χ1v) is 15.9. The van der Waals surface area contributed by atoms with E-state index in [4.69, 9.17) is 18.9 Å². The molecule has 0 N–H and O–H groups in total. The monoisotopic (exact) mass is 536 g/mol. The van der Waals surface area contributed by atoms with E-state index in [-0.39, 0.29) is 18.0 Å². The van der Waals surface area contributed by atoms with E-state index in [1.54, 1.807) is 0 Å². The Hall–Kier alpha value is -1.72. The molecule has 0 amide bonds. The van der Waals surface area contributed by atoms with Gasteiger partial charge >= 0.3 is 0 Å². The van der Waals surface area contributed by atoms with Crippen LogP contribution in [-0.4, -0.2) is 26.4 Å². The molecular weight excluding hydrogens is 484 g/mol. The smallest absolute Gasteiger partial charge is 0.183 e. The number of rotatable bonds is 16. The quantitative estimate of drug-likeness (QED) is 0.200. The zero-order valence-corrected chi connectivity index (χ0v) is 24.6. The van der Waals surface area contributed by atoms with E-state index < -0.39 is 0 Å². The number of benzene rings is 2. The minimum atomic E-state index is -0.310. The van der Waals surface area contributed by atoms with Crippen LogP contribution in [0.3, 0.4) is 0 Å². The van der Waals surface area contributed by atoms with Crippen LogP contribution in [-0.2, 0) is 31.8 Å². The van der Waals surface area contributed by atoms with Gasteiger partial charge in [-0.05, 0) is 36.8 Å². The molecule has 39 heavy (non-hydrogen) atoms. The normalized spacial score (nSPS) is 23.3. The lowest BCUT2D eigenvalue weighted by atomic mass is 9.90. The van der Waals surface area contributed by atoms with Crippen molar-refractivity contribution in [3.63, 3.8) is 0 Å². The third kappa shape index (κ3) is 9.70. The molecule has 0 unspecified atom stereocenters. The van der Waals surface area contributed by atoms with Crippen molar-refractivity contribution < 1.29 is 18.9 Å². The molecule has 0 aromatic heterocycles. The van der Waals surface area contributed by atoms with E-state index in [9.17, 15) is 0 Å². The molecule has 0 atom stereocenters. The summed E-state index contributed by atoms with van der Waals surface area (Å²) in [4.78, 5) is 0. The fourth-order valence-corrected chi connectivity index (χ4v) is 5.64. The second-order valence-corrected chi connectivity index (χ2v) is 11.9. The molecule has 2 aromatic rings. The summed E-state index contributed by atoms with van der Waals surface area (Å²) in [5.74, 6) is 0. The van der Waals surface area contributed by atoms with Gasteiger partial charge < -0.3 is 18.9 Å². The van der Waals surface area contributed by atoms with Crippen LogP contribution < -0.4 is 0 Å². The molecule has 4 rings (SSSR count). The predicted octanol–water partition coefficient (Wildman–Crippen LogP) is 9.27. The van der Waals surface area contributed by atoms with Crippen LogP contribution in [0.2, 0.25) is 0 Å². The van der Waals surface area contributed by atoms with Crippen molar-refractivity contribution in [2.45, 2.75) is 116 Å². The van der Waals surface area contributed by atoms with Crippen LogP contribution in [0.25, 0.3) is 0 Å². The molecule has 2 heterocycles. The van der Waals surface area contributed by atoms with E-state index >= 15 is 0 Å². The largest absolute Gasteiger partial charge is 0.348 e. The summed E-state index contributed by atoms with van der Waals surface area (Å²) in [5, 5.41) is 0. The second-order valence-electron chi connectivity index (χ2n) is 11.9. The molecule has 0 aliphatic carbocycles. The fourth-order valence-electron chi connectivity index (χ4n) is 5.64. The van der Waals surface area contributed by atoms with Gasteiger partial charge in [-0.1, -0.05) is 127 Å². The molecule has 2 fully saturated rings. The maximum absolute atomic E-state index is 6.18. The van der Waals surface area contributed by atoms with Gasteiger partial charge in [0, 0.05) is 11.1 Å². The number of hydrogen-bond acceptors (Lipinski definition) is 4. The minimum Gasteiger partial charge on any atom is -0.348 e. The van der Waals surface area contributed by atoms with E-state index in [0.29, 0.717) is 26.4 Å². The summed E-state index contributed by atoms with van der Waals surface area (Å²) >= 11 is 0. The molecule has 0 radical (unpaired) electrons. The average molecular weight is 537 g/mol. The molecule has 2 aromatic carbocycles. The molecule has 216 valence electrons. The Kier molecular flexibility index (Phi) is 12.8. The zero-order chi connectivity index (χ0) is 27.2. The summed E-state index contributed by atoms with van der Waals surface area (Å²) in [6.45, 7) is 6.87. The molecule has 2 aliphatic rings. The first-order valence-electron chi connectivity index (χ1n) is 15.9. The van der Waals surface area contributed by atoms with Crippen LogP contribution in [0, 0.1) is 5.41 Å². The number of unbranched alkanes of at least 4 members (excludes halogenated alkanes) is 10. The molecule has 4 nitrogen and oxygen atoms in total. The van der Waals surface area contributed by atoms with Gasteiger partial charge in [-0.25, -0.2) is 0 Å². The van der Waals surface area contributed by atoms with Crippen molar-refractivity contribution in [2.24, 2.45) is 5.41 Å². The highest BCUT2D eigenvalue weighted by molar-refractivity contribution is 5.25. The van der Waals surface area contributed by atoms with Crippen molar-refractivity contribution in [1.82, 2.24) is 0 Å². The van der Waals surface area contributed by atoms with Crippen LogP contribution >= 0.6 is 0 Å². The molecule has 2 aliphatic heterocycles. The van der Waals surface area contributed by atoms with Crippen LogP contribution in [0.5, 0.6) is 0 Å². The highest BCUT2D eigenvalue weighted by Gasteiger charge is 2.42. The summed E-state index contributed by atoms with van der Waals surface area (Å²) in [6.07, 6.45) is 17.7. The van der Waals surface area contributed by atoms with Crippen LogP contribution in [0.4, 0.5) is 0 Å². The van der Waals surface area contributed by atoms with E-state index in [1.807, 2.05) is 0 Å². The third-order valence-electron chi connectivity index (χ3n) is 8.31. The molecule has 0 bridgehead atoms. The molecular formula is C35H52O4.